The number of piperazine rings is 1. The van der Waals surface area contributed by atoms with Crippen molar-refractivity contribution in [2.75, 3.05) is 38.6 Å². The molecule has 0 saturated carbocycles. The molecule has 1 saturated heterocycles. The van der Waals surface area contributed by atoms with E-state index in [1.807, 2.05) is 7.05 Å². The van der Waals surface area contributed by atoms with Crippen molar-refractivity contribution in [1.82, 2.24) is 15.2 Å². The van der Waals surface area contributed by atoms with Crippen molar-refractivity contribution in [3.63, 3.8) is 0 Å². The normalized spacial score (nSPS) is 20.9. The molecule has 1 atom stereocenters. The van der Waals surface area contributed by atoms with Crippen LogP contribution in [-0.2, 0) is 6.54 Å². The molecule has 0 aliphatic carbocycles. The highest BCUT2D eigenvalue weighted by Crippen LogP contribution is 2.25. The predicted octanol–water partition coefficient (Wildman–Crippen LogP) is 1.56. The topological polar surface area (TPSA) is 31.4 Å². The van der Waals surface area contributed by atoms with Gasteiger partial charge < -0.3 is 15.1 Å². The van der Waals surface area contributed by atoms with Crippen molar-refractivity contribution in [3.05, 3.63) is 22.9 Å². The summed E-state index contributed by atoms with van der Waals surface area (Å²) in [4.78, 5) is 9.67. The first-order chi connectivity index (χ1) is 9.02. The van der Waals surface area contributed by atoms with E-state index in [0.29, 0.717) is 6.04 Å². The number of likely N-dealkylation sites (N-methyl/N-ethyl adjacent to an activating group) is 1. The zero-order valence-electron chi connectivity index (χ0n) is 12.8. The van der Waals surface area contributed by atoms with Gasteiger partial charge in [-0.2, -0.15) is 0 Å². The Morgan fingerprint density at radius 2 is 2.11 bits per heavy atom. The SMILES string of the molecule is CNCc1c(C)cc(C)nc1N1CCN(C)CC1C. The van der Waals surface area contributed by atoms with Gasteiger partial charge in [0.15, 0.2) is 0 Å². The summed E-state index contributed by atoms with van der Waals surface area (Å²) in [6, 6.07) is 2.69. The van der Waals surface area contributed by atoms with Gasteiger partial charge in [0.05, 0.1) is 0 Å². The lowest BCUT2D eigenvalue weighted by Crippen LogP contribution is -2.51. The van der Waals surface area contributed by atoms with Crippen molar-refractivity contribution in [3.8, 4) is 0 Å². The van der Waals surface area contributed by atoms with Crippen LogP contribution in [0.25, 0.3) is 0 Å². The first-order valence-electron chi connectivity index (χ1n) is 7.09. The predicted molar refractivity (Wildman–Crippen MR) is 80.8 cm³/mol. The van der Waals surface area contributed by atoms with Crippen LogP contribution in [-0.4, -0.2) is 49.7 Å². The number of nitrogens with one attached hydrogen (secondary N) is 1. The summed E-state index contributed by atoms with van der Waals surface area (Å²) >= 11 is 0. The molecule has 19 heavy (non-hydrogen) atoms. The third-order valence-corrected chi connectivity index (χ3v) is 3.91. The lowest BCUT2D eigenvalue weighted by Gasteiger charge is -2.40. The van der Waals surface area contributed by atoms with Crippen LogP contribution >= 0.6 is 0 Å². The zero-order chi connectivity index (χ0) is 14.0. The fourth-order valence-electron chi connectivity index (χ4n) is 2.93. The van der Waals surface area contributed by atoms with Crippen LogP contribution in [0, 0.1) is 13.8 Å². The van der Waals surface area contributed by atoms with E-state index >= 15 is 0 Å². The average molecular weight is 262 g/mol. The van der Waals surface area contributed by atoms with Gasteiger partial charge in [-0.15, -0.1) is 0 Å². The summed E-state index contributed by atoms with van der Waals surface area (Å²) < 4.78 is 0. The van der Waals surface area contributed by atoms with E-state index in [4.69, 9.17) is 4.98 Å². The summed E-state index contributed by atoms with van der Waals surface area (Å²) in [7, 11) is 4.19. The van der Waals surface area contributed by atoms with E-state index in [2.05, 4.69) is 49.0 Å². The van der Waals surface area contributed by atoms with Gasteiger partial charge in [-0.05, 0) is 46.5 Å². The number of nitrogens with zero attached hydrogens (tertiary/aromatic N) is 3. The molecule has 1 aliphatic heterocycles. The molecule has 0 bridgehead atoms. The Hall–Kier alpha value is -1.13. The van der Waals surface area contributed by atoms with Crippen molar-refractivity contribution in [2.45, 2.75) is 33.4 Å². The second-order valence-corrected chi connectivity index (χ2v) is 5.72. The molecule has 0 spiro atoms. The maximum atomic E-state index is 4.82. The van der Waals surface area contributed by atoms with Gasteiger partial charge >= 0.3 is 0 Å². The minimum atomic E-state index is 0.517. The van der Waals surface area contributed by atoms with Crippen LogP contribution in [0.2, 0.25) is 0 Å². The van der Waals surface area contributed by atoms with E-state index in [0.717, 1.165) is 31.9 Å². The molecule has 1 aliphatic rings. The summed E-state index contributed by atoms with van der Waals surface area (Å²) in [5.41, 5.74) is 3.78. The highest BCUT2D eigenvalue weighted by atomic mass is 15.3. The van der Waals surface area contributed by atoms with Gasteiger partial charge in [0, 0.05) is 43.5 Å². The highest BCUT2D eigenvalue weighted by Gasteiger charge is 2.25. The molecule has 2 rings (SSSR count). The molecule has 1 aromatic heterocycles. The lowest BCUT2D eigenvalue weighted by atomic mass is 10.1. The molecule has 1 N–H and O–H groups in total. The number of aryl methyl sites for hydroxylation is 2. The maximum Gasteiger partial charge on any atom is 0.133 e. The standard InChI is InChI=1S/C15H26N4/c1-11-8-12(2)17-15(14(11)9-16-4)19-7-6-18(5)10-13(19)3/h8,13,16H,6-7,9-10H2,1-5H3. The summed E-state index contributed by atoms with van der Waals surface area (Å²) in [5.74, 6) is 1.17. The Labute approximate surface area is 116 Å². The molecule has 4 heteroatoms. The van der Waals surface area contributed by atoms with Crippen LogP contribution in [0.3, 0.4) is 0 Å². The number of anilines is 1. The van der Waals surface area contributed by atoms with Gasteiger partial charge in [-0.25, -0.2) is 4.98 Å². The largest absolute Gasteiger partial charge is 0.351 e. The molecule has 1 fully saturated rings. The number of rotatable bonds is 3. The Bertz CT molecular complexity index is 444. The van der Waals surface area contributed by atoms with Crippen LogP contribution in [0.5, 0.6) is 0 Å². The maximum absolute atomic E-state index is 4.82. The molecular formula is C15H26N4. The fourth-order valence-corrected chi connectivity index (χ4v) is 2.93. The average Bonchev–Trinajstić information content (AvgIpc) is 2.32. The van der Waals surface area contributed by atoms with Crippen molar-refractivity contribution in [2.24, 2.45) is 0 Å². The molecule has 2 heterocycles. The van der Waals surface area contributed by atoms with Gasteiger partial charge in [-0.1, -0.05) is 0 Å². The van der Waals surface area contributed by atoms with Crippen molar-refractivity contribution in [1.29, 1.82) is 0 Å². The molecule has 1 aromatic rings. The Morgan fingerprint density at radius 3 is 2.74 bits per heavy atom. The molecule has 1 unspecified atom stereocenters. The third-order valence-electron chi connectivity index (χ3n) is 3.91. The molecular weight excluding hydrogens is 236 g/mol. The van der Waals surface area contributed by atoms with Crippen LogP contribution < -0.4 is 10.2 Å². The molecule has 0 amide bonds. The first-order valence-corrected chi connectivity index (χ1v) is 7.09. The van der Waals surface area contributed by atoms with Crippen LogP contribution in [0.1, 0.15) is 23.7 Å². The van der Waals surface area contributed by atoms with Crippen molar-refractivity contribution >= 4 is 5.82 Å². The van der Waals surface area contributed by atoms with Gasteiger partial charge in [0.1, 0.15) is 5.82 Å². The third kappa shape index (κ3) is 3.07. The van der Waals surface area contributed by atoms with Crippen LogP contribution in [0.4, 0.5) is 5.82 Å². The van der Waals surface area contributed by atoms with E-state index in [9.17, 15) is 0 Å². The monoisotopic (exact) mass is 262 g/mol. The van der Waals surface area contributed by atoms with E-state index in [-0.39, 0.29) is 0 Å². The Morgan fingerprint density at radius 1 is 1.37 bits per heavy atom. The summed E-state index contributed by atoms with van der Waals surface area (Å²) in [5, 5.41) is 3.27. The number of hydrogen-bond donors (Lipinski definition) is 1. The molecule has 106 valence electrons. The molecule has 0 aromatic carbocycles. The number of aromatic nitrogens is 1. The highest BCUT2D eigenvalue weighted by molar-refractivity contribution is 5.52. The summed E-state index contributed by atoms with van der Waals surface area (Å²) in [6.45, 7) is 10.7. The van der Waals surface area contributed by atoms with Gasteiger partial charge in [0.2, 0.25) is 0 Å². The number of pyridine rings is 1. The second kappa shape index (κ2) is 5.88. The second-order valence-electron chi connectivity index (χ2n) is 5.72. The Kier molecular flexibility index (Phi) is 4.42. The fraction of sp³-hybridized carbons (Fsp3) is 0.667. The molecule has 0 radical (unpaired) electrons. The van der Waals surface area contributed by atoms with Crippen LogP contribution in [0.15, 0.2) is 6.07 Å². The van der Waals surface area contributed by atoms with E-state index < -0.39 is 0 Å². The Balaban J connectivity index is 2.37. The van der Waals surface area contributed by atoms with Gasteiger partial charge in [0.25, 0.3) is 0 Å². The summed E-state index contributed by atoms with van der Waals surface area (Å²) in [6.07, 6.45) is 0. The van der Waals surface area contributed by atoms with Gasteiger partial charge in [-0.3, -0.25) is 0 Å². The number of hydrogen-bond acceptors (Lipinski definition) is 4. The van der Waals surface area contributed by atoms with Crippen molar-refractivity contribution < 1.29 is 0 Å². The van der Waals surface area contributed by atoms with E-state index in [1.165, 1.54) is 16.9 Å². The smallest absolute Gasteiger partial charge is 0.133 e. The first kappa shape index (κ1) is 14.3. The zero-order valence-corrected chi connectivity index (χ0v) is 12.8. The minimum absolute atomic E-state index is 0.517. The lowest BCUT2D eigenvalue weighted by molar-refractivity contribution is 0.274. The van der Waals surface area contributed by atoms with E-state index in [1.54, 1.807) is 0 Å². The minimum Gasteiger partial charge on any atom is -0.351 e. The quantitative estimate of drug-likeness (QED) is 0.896. The molecule has 4 nitrogen and oxygen atoms in total.